The maximum absolute atomic E-state index is 12.6. The molecular weight excluding hydrogens is 360 g/mol. The summed E-state index contributed by atoms with van der Waals surface area (Å²) in [5.41, 5.74) is 1.46. The van der Waals surface area contributed by atoms with Crippen molar-refractivity contribution in [1.82, 2.24) is 30.4 Å². The Kier molecular flexibility index (Phi) is 5.26. The van der Waals surface area contributed by atoms with Crippen molar-refractivity contribution in [3.05, 3.63) is 58.5 Å². The molecule has 3 heterocycles. The molecule has 2 unspecified atom stereocenters. The summed E-state index contributed by atoms with van der Waals surface area (Å²) in [6.45, 7) is 1.78. The minimum absolute atomic E-state index is 0.0450. The van der Waals surface area contributed by atoms with Crippen molar-refractivity contribution in [3.8, 4) is 5.69 Å². The first-order valence-electron chi connectivity index (χ1n) is 9.07. The molecule has 1 aliphatic heterocycles. The van der Waals surface area contributed by atoms with Gasteiger partial charge in [0.2, 0.25) is 0 Å². The van der Waals surface area contributed by atoms with Gasteiger partial charge in [-0.1, -0.05) is 6.07 Å². The molecule has 0 radical (unpaired) electrons. The van der Waals surface area contributed by atoms with Gasteiger partial charge in [0.05, 0.1) is 5.69 Å². The van der Waals surface area contributed by atoms with Crippen LogP contribution in [0.3, 0.4) is 0 Å². The molecule has 27 heavy (non-hydrogen) atoms. The smallest absolute Gasteiger partial charge is 0.251 e. The van der Waals surface area contributed by atoms with Crippen LogP contribution in [0.4, 0.5) is 0 Å². The Morgan fingerprint density at radius 2 is 2.15 bits per heavy atom. The van der Waals surface area contributed by atoms with E-state index in [1.165, 1.54) is 17.6 Å². The van der Waals surface area contributed by atoms with Crippen molar-refractivity contribution >= 4 is 17.2 Å². The van der Waals surface area contributed by atoms with E-state index in [0.29, 0.717) is 24.1 Å². The molecule has 1 amide bonds. The minimum atomic E-state index is -0.0450. The number of hydrogen-bond donors (Lipinski definition) is 1. The van der Waals surface area contributed by atoms with Gasteiger partial charge in [-0.2, -0.15) is 0 Å². The van der Waals surface area contributed by atoms with Gasteiger partial charge in [-0.3, -0.25) is 9.69 Å². The summed E-state index contributed by atoms with van der Waals surface area (Å²) in [6.07, 6.45) is 3.82. The van der Waals surface area contributed by atoms with E-state index in [9.17, 15) is 4.79 Å². The summed E-state index contributed by atoms with van der Waals surface area (Å²) in [4.78, 5) is 16.4. The summed E-state index contributed by atoms with van der Waals surface area (Å²) in [5, 5.41) is 16.3. The molecule has 3 aromatic rings. The zero-order valence-electron chi connectivity index (χ0n) is 15.2. The highest BCUT2D eigenvalue weighted by Crippen LogP contribution is 2.36. The Morgan fingerprint density at radius 1 is 1.30 bits per heavy atom. The van der Waals surface area contributed by atoms with Crippen LogP contribution in [0.15, 0.2) is 48.1 Å². The summed E-state index contributed by atoms with van der Waals surface area (Å²) < 4.78 is 1.56. The fourth-order valence-electron chi connectivity index (χ4n) is 3.75. The molecule has 1 aliphatic rings. The number of likely N-dealkylation sites (tertiary alicyclic amines) is 1. The standard InChI is InChI=1S/C19H22N6OS/c1-24-10-2-4-15(18(24)17-5-3-11-27-17)12-20-19(26)14-6-8-16(9-7-14)25-13-21-22-23-25/h3,5-9,11,13,15,18H,2,4,10,12H2,1H3,(H,20,26). The lowest BCUT2D eigenvalue weighted by Crippen LogP contribution is -2.41. The summed E-state index contributed by atoms with van der Waals surface area (Å²) >= 11 is 1.80. The Labute approximate surface area is 162 Å². The highest BCUT2D eigenvalue weighted by molar-refractivity contribution is 7.10. The molecule has 1 fully saturated rings. The van der Waals surface area contributed by atoms with E-state index in [2.05, 4.69) is 50.3 Å². The van der Waals surface area contributed by atoms with Crippen molar-refractivity contribution in [2.24, 2.45) is 5.92 Å². The second kappa shape index (κ2) is 7.98. The molecule has 8 heteroatoms. The van der Waals surface area contributed by atoms with Crippen LogP contribution < -0.4 is 5.32 Å². The number of hydrogen-bond acceptors (Lipinski definition) is 6. The molecular formula is C19H22N6OS. The SMILES string of the molecule is CN1CCCC(CNC(=O)c2ccc(-n3cnnn3)cc2)C1c1cccs1. The molecule has 1 aromatic carbocycles. The number of carbonyl (C=O) groups is 1. The number of nitrogens with one attached hydrogen (secondary N) is 1. The number of amides is 1. The van der Waals surface area contributed by atoms with Gasteiger partial charge in [0.1, 0.15) is 6.33 Å². The maximum Gasteiger partial charge on any atom is 0.251 e. The summed E-state index contributed by atoms with van der Waals surface area (Å²) in [6, 6.07) is 12.0. The molecule has 0 saturated carbocycles. The van der Waals surface area contributed by atoms with Crippen molar-refractivity contribution in [1.29, 1.82) is 0 Å². The van der Waals surface area contributed by atoms with Crippen LogP contribution in [0.5, 0.6) is 0 Å². The second-order valence-corrected chi connectivity index (χ2v) is 7.83. The number of aromatic nitrogens is 4. The quantitative estimate of drug-likeness (QED) is 0.734. The zero-order chi connectivity index (χ0) is 18.6. The van der Waals surface area contributed by atoms with Crippen LogP contribution in [0, 0.1) is 5.92 Å². The Hall–Kier alpha value is -2.58. The number of rotatable bonds is 5. The number of nitrogens with zero attached hydrogens (tertiary/aromatic N) is 5. The molecule has 1 N–H and O–H groups in total. The number of piperidine rings is 1. The van der Waals surface area contributed by atoms with Gasteiger partial charge in [-0.05, 0) is 78.5 Å². The first-order chi connectivity index (χ1) is 13.2. The fourth-order valence-corrected chi connectivity index (χ4v) is 4.74. The van der Waals surface area contributed by atoms with Crippen molar-refractivity contribution < 1.29 is 4.79 Å². The predicted octanol–water partition coefficient (Wildman–Crippen LogP) is 2.54. The monoisotopic (exact) mass is 382 g/mol. The van der Waals surface area contributed by atoms with Gasteiger partial charge < -0.3 is 5.32 Å². The van der Waals surface area contributed by atoms with Gasteiger partial charge in [-0.15, -0.1) is 16.4 Å². The van der Waals surface area contributed by atoms with Crippen molar-refractivity contribution in [2.45, 2.75) is 18.9 Å². The molecule has 0 bridgehead atoms. The number of carbonyl (C=O) groups excluding carboxylic acids is 1. The molecule has 0 aliphatic carbocycles. The van der Waals surface area contributed by atoms with Crippen LogP contribution in [0.2, 0.25) is 0 Å². The third kappa shape index (κ3) is 3.91. The molecule has 7 nitrogen and oxygen atoms in total. The molecule has 1 saturated heterocycles. The highest BCUT2D eigenvalue weighted by atomic mass is 32.1. The summed E-state index contributed by atoms with van der Waals surface area (Å²) in [7, 11) is 2.18. The van der Waals surface area contributed by atoms with Gasteiger partial charge in [0.25, 0.3) is 5.91 Å². The van der Waals surface area contributed by atoms with Crippen molar-refractivity contribution in [2.75, 3.05) is 20.1 Å². The molecule has 140 valence electrons. The normalized spacial score (nSPS) is 20.5. The Balaban J connectivity index is 1.40. The van der Waals surface area contributed by atoms with Crippen LogP contribution in [0.25, 0.3) is 5.69 Å². The average molecular weight is 382 g/mol. The van der Waals surface area contributed by atoms with Crippen molar-refractivity contribution in [3.63, 3.8) is 0 Å². The van der Waals surface area contributed by atoms with Gasteiger partial charge >= 0.3 is 0 Å². The Morgan fingerprint density at radius 3 is 2.85 bits per heavy atom. The largest absolute Gasteiger partial charge is 0.352 e. The van der Waals surface area contributed by atoms with Gasteiger partial charge in [0, 0.05) is 23.0 Å². The van der Waals surface area contributed by atoms with Crippen LogP contribution >= 0.6 is 11.3 Å². The lowest BCUT2D eigenvalue weighted by Gasteiger charge is -2.38. The first-order valence-corrected chi connectivity index (χ1v) is 9.95. The van der Waals surface area contributed by atoms with E-state index < -0.39 is 0 Å². The van der Waals surface area contributed by atoms with E-state index >= 15 is 0 Å². The predicted molar refractivity (Wildman–Crippen MR) is 104 cm³/mol. The van der Waals surface area contributed by atoms with Crippen LogP contribution in [0.1, 0.15) is 34.1 Å². The number of benzene rings is 1. The first kappa shape index (κ1) is 17.8. The van der Waals surface area contributed by atoms with E-state index in [1.807, 2.05) is 12.1 Å². The molecule has 4 rings (SSSR count). The van der Waals surface area contributed by atoms with E-state index in [-0.39, 0.29) is 5.91 Å². The Bertz CT molecular complexity index is 862. The van der Waals surface area contributed by atoms with E-state index in [1.54, 1.807) is 28.2 Å². The fraction of sp³-hybridized carbons (Fsp3) is 0.368. The molecule has 2 aromatic heterocycles. The third-order valence-corrected chi connectivity index (χ3v) is 6.05. The minimum Gasteiger partial charge on any atom is -0.352 e. The molecule has 2 atom stereocenters. The zero-order valence-corrected chi connectivity index (χ0v) is 16.0. The highest BCUT2D eigenvalue weighted by Gasteiger charge is 2.31. The number of thiophene rings is 1. The van der Waals surface area contributed by atoms with Gasteiger partial charge in [0.15, 0.2) is 0 Å². The van der Waals surface area contributed by atoms with E-state index in [0.717, 1.165) is 18.7 Å². The average Bonchev–Trinajstić information content (AvgIpc) is 3.40. The lowest BCUT2D eigenvalue weighted by molar-refractivity contribution is 0.0895. The van der Waals surface area contributed by atoms with Crippen LogP contribution in [-0.4, -0.2) is 51.2 Å². The topological polar surface area (TPSA) is 75.9 Å². The third-order valence-electron chi connectivity index (χ3n) is 5.11. The summed E-state index contributed by atoms with van der Waals surface area (Å²) in [5.74, 6) is 0.378. The van der Waals surface area contributed by atoms with Crippen LogP contribution in [-0.2, 0) is 0 Å². The second-order valence-electron chi connectivity index (χ2n) is 6.85. The lowest BCUT2D eigenvalue weighted by atomic mass is 9.88. The van der Waals surface area contributed by atoms with Gasteiger partial charge in [-0.25, -0.2) is 4.68 Å². The number of tetrazole rings is 1. The molecule has 0 spiro atoms. The maximum atomic E-state index is 12.6. The van der Waals surface area contributed by atoms with E-state index in [4.69, 9.17) is 0 Å².